The van der Waals surface area contributed by atoms with Crippen LogP contribution in [0.4, 0.5) is 5.13 Å². The van der Waals surface area contributed by atoms with Crippen LogP contribution in [-0.2, 0) is 4.79 Å². The minimum atomic E-state index is 0.0384. The molecule has 0 bridgehead atoms. The summed E-state index contributed by atoms with van der Waals surface area (Å²) in [5, 5.41) is 2.63. The zero-order valence-corrected chi connectivity index (χ0v) is 13.0. The van der Waals surface area contributed by atoms with Crippen LogP contribution >= 0.6 is 11.3 Å². The highest BCUT2D eigenvalue weighted by Crippen LogP contribution is 2.50. The fourth-order valence-electron chi connectivity index (χ4n) is 2.85. The number of carbonyl (C=O) groups excluding carboxylic acids is 1. The maximum absolute atomic E-state index is 12.5. The lowest BCUT2D eigenvalue weighted by Gasteiger charge is -2.19. The van der Waals surface area contributed by atoms with Crippen LogP contribution in [0.5, 0.6) is 11.5 Å². The monoisotopic (exact) mass is 316 g/mol. The lowest BCUT2D eigenvalue weighted by atomic mass is 10.1. The van der Waals surface area contributed by atoms with Gasteiger partial charge in [0.05, 0.1) is 0 Å². The van der Waals surface area contributed by atoms with Crippen LogP contribution in [0.15, 0.2) is 29.8 Å². The molecule has 1 aliphatic heterocycles. The van der Waals surface area contributed by atoms with Crippen molar-refractivity contribution in [1.82, 2.24) is 4.98 Å². The molecule has 2 atom stereocenters. The van der Waals surface area contributed by atoms with Gasteiger partial charge in [-0.3, -0.25) is 9.69 Å². The van der Waals surface area contributed by atoms with E-state index in [4.69, 9.17) is 9.47 Å². The zero-order valence-electron chi connectivity index (χ0n) is 12.2. The van der Waals surface area contributed by atoms with Crippen molar-refractivity contribution in [2.24, 2.45) is 5.92 Å². The highest BCUT2D eigenvalue weighted by molar-refractivity contribution is 7.13. The first-order chi connectivity index (χ1) is 10.7. The predicted octanol–water partition coefficient (Wildman–Crippen LogP) is 2.68. The van der Waals surface area contributed by atoms with E-state index in [9.17, 15) is 4.79 Å². The number of rotatable bonds is 3. The predicted molar refractivity (Wildman–Crippen MR) is 83.8 cm³/mol. The molecule has 1 fully saturated rings. The normalized spacial score (nSPS) is 22.2. The molecule has 1 aromatic heterocycles. The van der Waals surface area contributed by atoms with Gasteiger partial charge in [-0.2, -0.15) is 0 Å². The van der Waals surface area contributed by atoms with E-state index in [1.54, 1.807) is 18.1 Å². The molecule has 1 aromatic carbocycles. The van der Waals surface area contributed by atoms with Gasteiger partial charge in [0.1, 0.15) is 13.2 Å². The van der Waals surface area contributed by atoms with Crippen molar-refractivity contribution in [3.05, 3.63) is 35.3 Å². The molecular formula is C16H16N2O3S. The van der Waals surface area contributed by atoms with Gasteiger partial charge in [0.15, 0.2) is 16.6 Å². The average molecular weight is 316 g/mol. The van der Waals surface area contributed by atoms with Crippen LogP contribution in [0.3, 0.4) is 0 Å². The van der Waals surface area contributed by atoms with E-state index in [1.807, 2.05) is 23.6 Å². The Morgan fingerprint density at radius 2 is 2.14 bits per heavy atom. The molecule has 0 spiro atoms. The highest BCUT2D eigenvalue weighted by atomic mass is 32.1. The number of nitrogens with zero attached hydrogens (tertiary/aromatic N) is 2. The van der Waals surface area contributed by atoms with Gasteiger partial charge in [-0.1, -0.05) is 6.07 Å². The number of hydrogen-bond acceptors (Lipinski definition) is 5. The third kappa shape index (κ3) is 2.33. The van der Waals surface area contributed by atoms with Crippen LogP contribution in [-0.4, -0.2) is 31.2 Å². The topological polar surface area (TPSA) is 51.7 Å². The Balaban J connectivity index is 1.49. The van der Waals surface area contributed by atoms with Crippen molar-refractivity contribution in [3.8, 4) is 11.5 Å². The molecule has 114 valence electrons. The van der Waals surface area contributed by atoms with Crippen molar-refractivity contribution in [2.45, 2.75) is 12.3 Å². The molecule has 0 radical (unpaired) electrons. The van der Waals surface area contributed by atoms with E-state index in [0.29, 0.717) is 13.2 Å². The van der Waals surface area contributed by atoms with Crippen molar-refractivity contribution in [2.75, 3.05) is 25.2 Å². The molecule has 2 aliphatic rings. The van der Waals surface area contributed by atoms with Gasteiger partial charge in [0, 0.05) is 24.5 Å². The maximum Gasteiger partial charge on any atom is 0.232 e. The second-order valence-electron chi connectivity index (χ2n) is 5.56. The van der Waals surface area contributed by atoms with Gasteiger partial charge < -0.3 is 9.47 Å². The number of ether oxygens (including phenoxy) is 2. The first-order valence-electron chi connectivity index (χ1n) is 7.30. The first kappa shape index (κ1) is 13.6. The largest absolute Gasteiger partial charge is 0.486 e. The summed E-state index contributed by atoms with van der Waals surface area (Å²) in [6.07, 6.45) is 2.60. The molecule has 0 unspecified atom stereocenters. The molecule has 0 saturated heterocycles. The van der Waals surface area contributed by atoms with E-state index in [-0.39, 0.29) is 17.7 Å². The number of fused-ring (bicyclic) bond motifs is 1. The Hall–Kier alpha value is -2.08. The number of aromatic nitrogens is 1. The van der Waals surface area contributed by atoms with Gasteiger partial charge in [0.25, 0.3) is 0 Å². The summed E-state index contributed by atoms with van der Waals surface area (Å²) in [5.74, 6) is 2.02. The van der Waals surface area contributed by atoms with Gasteiger partial charge in [-0.05, 0) is 30.0 Å². The quantitative estimate of drug-likeness (QED) is 0.873. The van der Waals surface area contributed by atoms with Crippen LogP contribution in [0.1, 0.15) is 17.9 Å². The number of benzene rings is 1. The SMILES string of the molecule is CN(C(=O)[C@@H]1C[C@@H]1c1ccc2c(c1)OCCO2)c1nccs1. The van der Waals surface area contributed by atoms with Gasteiger partial charge in [-0.25, -0.2) is 4.98 Å². The van der Waals surface area contributed by atoms with E-state index >= 15 is 0 Å². The van der Waals surface area contributed by atoms with Crippen LogP contribution < -0.4 is 14.4 Å². The van der Waals surface area contributed by atoms with Crippen LogP contribution in [0, 0.1) is 5.92 Å². The number of amides is 1. The Bertz CT molecular complexity index is 701. The first-order valence-corrected chi connectivity index (χ1v) is 8.18. The Labute approximate surface area is 132 Å². The Kier molecular flexibility index (Phi) is 3.26. The number of anilines is 1. The molecule has 1 amide bonds. The van der Waals surface area contributed by atoms with E-state index in [2.05, 4.69) is 4.98 Å². The lowest BCUT2D eigenvalue weighted by molar-refractivity contribution is -0.119. The summed E-state index contributed by atoms with van der Waals surface area (Å²) in [5.41, 5.74) is 1.15. The van der Waals surface area contributed by atoms with Crippen LogP contribution in [0.25, 0.3) is 0 Å². The summed E-state index contributed by atoms with van der Waals surface area (Å²) in [4.78, 5) is 18.4. The molecular weight excluding hydrogens is 300 g/mol. The standard InChI is InChI=1S/C16H16N2O3S/c1-18(16-17-4-7-22-16)15(19)12-9-11(12)10-2-3-13-14(8-10)21-6-5-20-13/h2-4,7-8,11-12H,5-6,9H2,1H3/t11-,12-/m1/s1. The van der Waals surface area contributed by atoms with Crippen molar-refractivity contribution >= 4 is 22.4 Å². The van der Waals surface area contributed by atoms with Crippen molar-refractivity contribution in [1.29, 1.82) is 0 Å². The van der Waals surface area contributed by atoms with Crippen molar-refractivity contribution in [3.63, 3.8) is 0 Å². The summed E-state index contributed by atoms with van der Waals surface area (Å²) in [6, 6.07) is 5.99. The van der Waals surface area contributed by atoms with Gasteiger partial charge in [-0.15, -0.1) is 11.3 Å². The summed E-state index contributed by atoms with van der Waals surface area (Å²) < 4.78 is 11.1. The second kappa shape index (κ2) is 5.28. The second-order valence-corrected chi connectivity index (χ2v) is 6.44. The molecule has 1 saturated carbocycles. The third-order valence-electron chi connectivity index (χ3n) is 4.14. The fraction of sp³-hybridized carbons (Fsp3) is 0.375. The molecule has 0 N–H and O–H groups in total. The fourth-order valence-corrected chi connectivity index (χ4v) is 3.46. The van der Waals surface area contributed by atoms with Gasteiger partial charge >= 0.3 is 0 Å². The number of carbonyl (C=O) groups is 1. The summed E-state index contributed by atoms with van der Waals surface area (Å²) in [6.45, 7) is 1.17. The number of thiazole rings is 1. The van der Waals surface area contributed by atoms with Crippen molar-refractivity contribution < 1.29 is 14.3 Å². The Morgan fingerprint density at radius 3 is 2.91 bits per heavy atom. The summed E-state index contributed by atoms with van der Waals surface area (Å²) in [7, 11) is 1.79. The van der Waals surface area contributed by atoms with E-state index in [1.165, 1.54) is 11.3 Å². The molecule has 6 heteroatoms. The molecule has 2 aromatic rings. The smallest absolute Gasteiger partial charge is 0.232 e. The molecule has 22 heavy (non-hydrogen) atoms. The third-order valence-corrected chi connectivity index (χ3v) is 4.99. The summed E-state index contributed by atoms with van der Waals surface area (Å²) >= 11 is 1.48. The minimum Gasteiger partial charge on any atom is -0.486 e. The molecule has 5 nitrogen and oxygen atoms in total. The minimum absolute atomic E-state index is 0.0384. The van der Waals surface area contributed by atoms with Gasteiger partial charge in [0.2, 0.25) is 5.91 Å². The lowest BCUT2D eigenvalue weighted by Crippen LogP contribution is -2.28. The van der Waals surface area contributed by atoms with E-state index in [0.717, 1.165) is 28.6 Å². The van der Waals surface area contributed by atoms with E-state index < -0.39 is 0 Å². The zero-order chi connectivity index (χ0) is 15.1. The maximum atomic E-state index is 12.5. The highest BCUT2D eigenvalue weighted by Gasteiger charge is 2.46. The molecule has 2 heterocycles. The number of hydrogen-bond donors (Lipinski definition) is 0. The molecule has 1 aliphatic carbocycles. The Morgan fingerprint density at radius 1 is 1.32 bits per heavy atom. The van der Waals surface area contributed by atoms with Crippen LogP contribution in [0.2, 0.25) is 0 Å². The average Bonchev–Trinajstić information content (AvgIpc) is 3.17. The molecule has 4 rings (SSSR count).